The minimum atomic E-state index is 0.775. The number of rotatable bonds is 3. The molecule has 0 fully saturated rings. The Bertz CT molecular complexity index is 452. The molecule has 2 N–H and O–H groups in total. The number of halogens is 1. The molecule has 4 nitrogen and oxygen atoms in total. The molecule has 0 unspecified atom stereocenters. The topological polar surface area (TPSA) is 53.6 Å². The van der Waals surface area contributed by atoms with Gasteiger partial charge in [0, 0.05) is 22.9 Å². The number of nitrogens with one attached hydrogen (secondary N) is 2. The molecule has 0 radical (unpaired) electrons. The highest BCUT2D eigenvalue weighted by Gasteiger charge is 2.07. The summed E-state index contributed by atoms with van der Waals surface area (Å²) in [7, 11) is 1.90. The summed E-state index contributed by atoms with van der Waals surface area (Å²) in [6, 6.07) is 3.83. The summed E-state index contributed by atoms with van der Waals surface area (Å²) < 4.78 is 0.940. The number of H-pyrrole nitrogens is 1. The zero-order chi connectivity index (χ0) is 10.7. The second-order valence-corrected chi connectivity index (χ2v) is 3.98. The minimum Gasteiger partial charge on any atom is -0.339 e. The van der Waals surface area contributed by atoms with Crippen LogP contribution in [0.15, 0.2) is 29.0 Å². The van der Waals surface area contributed by atoms with Crippen molar-refractivity contribution in [2.45, 2.75) is 6.54 Å². The van der Waals surface area contributed by atoms with Gasteiger partial charge in [-0.05, 0) is 35.1 Å². The van der Waals surface area contributed by atoms with Crippen molar-refractivity contribution in [3.8, 4) is 11.5 Å². The molecular weight excluding hydrogens is 256 g/mol. The average molecular weight is 267 g/mol. The standard InChI is InChI=1S/C10H11BrN4/c1-12-5-7-6-14-10(15-7)9-8(11)3-2-4-13-9/h2-4,6,12H,5H2,1H3,(H,14,15). The van der Waals surface area contributed by atoms with E-state index < -0.39 is 0 Å². The number of nitrogens with zero attached hydrogens (tertiary/aromatic N) is 2. The van der Waals surface area contributed by atoms with Crippen molar-refractivity contribution in [2.75, 3.05) is 7.05 Å². The largest absolute Gasteiger partial charge is 0.339 e. The molecule has 0 bridgehead atoms. The molecule has 0 amide bonds. The lowest BCUT2D eigenvalue weighted by atomic mass is 10.3. The lowest BCUT2D eigenvalue weighted by molar-refractivity contribution is 0.797. The first-order valence-electron chi connectivity index (χ1n) is 4.60. The zero-order valence-electron chi connectivity index (χ0n) is 8.29. The van der Waals surface area contributed by atoms with E-state index in [1.807, 2.05) is 25.4 Å². The summed E-state index contributed by atoms with van der Waals surface area (Å²) in [5.41, 5.74) is 1.88. The van der Waals surface area contributed by atoms with Gasteiger partial charge < -0.3 is 10.3 Å². The van der Waals surface area contributed by atoms with Gasteiger partial charge in [0.25, 0.3) is 0 Å². The third kappa shape index (κ3) is 2.24. The maximum Gasteiger partial charge on any atom is 0.157 e. The van der Waals surface area contributed by atoms with Crippen LogP contribution in [0, 0.1) is 0 Å². The van der Waals surface area contributed by atoms with Gasteiger partial charge in [0.1, 0.15) is 5.69 Å². The molecular formula is C10H11BrN4. The number of hydrogen-bond acceptors (Lipinski definition) is 3. The van der Waals surface area contributed by atoms with E-state index in [-0.39, 0.29) is 0 Å². The highest BCUT2D eigenvalue weighted by molar-refractivity contribution is 9.10. The van der Waals surface area contributed by atoms with Crippen LogP contribution in [0.25, 0.3) is 11.5 Å². The van der Waals surface area contributed by atoms with Crippen LogP contribution in [0.4, 0.5) is 0 Å². The monoisotopic (exact) mass is 266 g/mol. The third-order valence-corrected chi connectivity index (χ3v) is 2.62. The van der Waals surface area contributed by atoms with E-state index in [1.165, 1.54) is 0 Å². The Kier molecular flexibility index (Phi) is 3.13. The number of aromatic amines is 1. The Labute approximate surface area is 96.3 Å². The van der Waals surface area contributed by atoms with Gasteiger partial charge in [-0.25, -0.2) is 4.98 Å². The quantitative estimate of drug-likeness (QED) is 0.893. The highest BCUT2D eigenvalue weighted by atomic mass is 79.9. The molecule has 0 atom stereocenters. The third-order valence-electron chi connectivity index (χ3n) is 1.98. The Balaban J connectivity index is 2.33. The molecule has 0 saturated carbocycles. The first-order valence-corrected chi connectivity index (χ1v) is 5.40. The average Bonchev–Trinajstić information content (AvgIpc) is 2.68. The minimum absolute atomic E-state index is 0.775. The molecule has 2 rings (SSSR count). The van der Waals surface area contributed by atoms with E-state index in [4.69, 9.17) is 0 Å². The molecule has 0 aromatic carbocycles. The molecule has 0 saturated heterocycles. The second-order valence-electron chi connectivity index (χ2n) is 3.12. The van der Waals surface area contributed by atoms with Gasteiger partial charge in [0.05, 0.1) is 6.20 Å². The van der Waals surface area contributed by atoms with Crippen molar-refractivity contribution in [3.05, 3.63) is 34.7 Å². The summed E-state index contributed by atoms with van der Waals surface area (Å²) >= 11 is 3.44. The number of pyridine rings is 1. The van der Waals surface area contributed by atoms with E-state index >= 15 is 0 Å². The number of hydrogen-bond donors (Lipinski definition) is 2. The number of imidazole rings is 1. The first-order chi connectivity index (χ1) is 7.31. The molecule has 0 aliphatic rings. The van der Waals surface area contributed by atoms with Crippen molar-refractivity contribution in [2.24, 2.45) is 0 Å². The van der Waals surface area contributed by atoms with Crippen LogP contribution in [0.2, 0.25) is 0 Å². The molecule has 0 aliphatic heterocycles. The molecule has 78 valence electrons. The van der Waals surface area contributed by atoms with Crippen LogP contribution in [-0.2, 0) is 6.54 Å². The zero-order valence-corrected chi connectivity index (χ0v) is 9.87. The highest BCUT2D eigenvalue weighted by Crippen LogP contribution is 2.22. The fraction of sp³-hybridized carbons (Fsp3) is 0.200. The summed E-state index contributed by atoms with van der Waals surface area (Å²) in [6.45, 7) is 0.775. The summed E-state index contributed by atoms with van der Waals surface area (Å²) in [5, 5.41) is 3.06. The van der Waals surface area contributed by atoms with E-state index in [0.29, 0.717) is 0 Å². The molecule has 2 heterocycles. The van der Waals surface area contributed by atoms with E-state index in [2.05, 4.69) is 36.2 Å². The Morgan fingerprint density at radius 3 is 3.07 bits per heavy atom. The maximum atomic E-state index is 4.28. The Morgan fingerprint density at radius 1 is 1.47 bits per heavy atom. The Hall–Kier alpha value is -1.20. The van der Waals surface area contributed by atoms with Crippen LogP contribution >= 0.6 is 15.9 Å². The molecule has 2 aromatic heterocycles. The fourth-order valence-electron chi connectivity index (χ4n) is 1.32. The van der Waals surface area contributed by atoms with Gasteiger partial charge in [0.15, 0.2) is 5.82 Å². The number of aromatic nitrogens is 3. The molecule has 15 heavy (non-hydrogen) atoms. The van der Waals surface area contributed by atoms with Crippen LogP contribution < -0.4 is 5.32 Å². The van der Waals surface area contributed by atoms with Crippen molar-refractivity contribution in [1.29, 1.82) is 0 Å². The van der Waals surface area contributed by atoms with Crippen molar-refractivity contribution < 1.29 is 0 Å². The van der Waals surface area contributed by atoms with Crippen LogP contribution in [-0.4, -0.2) is 22.0 Å². The summed E-state index contributed by atoms with van der Waals surface area (Å²) in [6.07, 6.45) is 3.56. The normalized spacial score (nSPS) is 10.5. The fourth-order valence-corrected chi connectivity index (χ4v) is 1.76. The predicted molar refractivity (Wildman–Crippen MR) is 62.3 cm³/mol. The lowest BCUT2D eigenvalue weighted by Crippen LogP contribution is -2.04. The van der Waals surface area contributed by atoms with Gasteiger partial charge >= 0.3 is 0 Å². The lowest BCUT2D eigenvalue weighted by Gasteiger charge is -1.98. The Morgan fingerprint density at radius 2 is 2.33 bits per heavy atom. The van der Waals surface area contributed by atoms with Gasteiger partial charge in [-0.2, -0.15) is 0 Å². The van der Waals surface area contributed by atoms with Gasteiger partial charge in [-0.1, -0.05) is 0 Å². The van der Waals surface area contributed by atoms with Crippen LogP contribution in [0.3, 0.4) is 0 Å². The van der Waals surface area contributed by atoms with E-state index in [1.54, 1.807) is 6.20 Å². The maximum absolute atomic E-state index is 4.28. The first kappa shape index (κ1) is 10.3. The van der Waals surface area contributed by atoms with Gasteiger partial charge in [-0.15, -0.1) is 0 Å². The molecule has 5 heteroatoms. The molecule has 2 aromatic rings. The van der Waals surface area contributed by atoms with Crippen molar-refractivity contribution in [3.63, 3.8) is 0 Å². The van der Waals surface area contributed by atoms with Gasteiger partial charge in [0.2, 0.25) is 0 Å². The van der Waals surface area contributed by atoms with Crippen molar-refractivity contribution >= 4 is 15.9 Å². The smallest absolute Gasteiger partial charge is 0.157 e. The van der Waals surface area contributed by atoms with Crippen molar-refractivity contribution in [1.82, 2.24) is 20.3 Å². The summed E-state index contributed by atoms with van der Waals surface area (Å²) in [4.78, 5) is 11.7. The van der Waals surface area contributed by atoms with E-state index in [9.17, 15) is 0 Å². The van der Waals surface area contributed by atoms with E-state index in [0.717, 1.165) is 28.2 Å². The van der Waals surface area contributed by atoms with Crippen LogP contribution in [0.5, 0.6) is 0 Å². The summed E-state index contributed by atoms with van der Waals surface area (Å²) in [5.74, 6) is 0.785. The SMILES string of the molecule is CNCc1cnc(-c2ncccc2Br)[nH]1. The molecule has 0 spiro atoms. The predicted octanol–water partition coefficient (Wildman–Crippen LogP) is 1.95. The van der Waals surface area contributed by atoms with Crippen LogP contribution in [0.1, 0.15) is 5.69 Å². The van der Waals surface area contributed by atoms with Gasteiger partial charge in [-0.3, -0.25) is 4.98 Å². The second kappa shape index (κ2) is 4.55. The molecule has 0 aliphatic carbocycles.